The van der Waals surface area contributed by atoms with Crippen molar-refractivity contribution in [2.45, 2.75) is 12.6 Å². The van der Waals surface area contributed by atoms with Gasteiger partial charge in [0.2, 0.25) is 5.82 Å². The molecular weight excluding hydrogens is 415 g/mol. The molecule has 1 aromatic carbocycles. The van der Waals surface area contributed by atoms with Crippen LogP contribution in [0.2, 0.25) is 0 Å². The molecule has 2 heterocycles. The van der Waals surface area contributed by atoms with E-state index in [-0.39, 0.29) is 36.7 Å². The summed E-state index contributed by atoms with van der Waals surface area (Å²) >= 11 is 0. The number of halogens is 3. The fourth-order valence-corrected chi connectivity index (χ4v) is 3.89. The number of hydrogen-bond donors (Lipinski definition) is 1. The van der Waals surface area contributed by atoms with Crippen LogP contribution in [0.3, 0.4) is 0 Å². The SMILES string of the molecule is COc1cc2nc(C(F)(F)F)nc(N3CCCN(S(N)(=O)=O)CC3)c2cc1OC. The molecule has 1 aliphatic rings. The van der Waals surface area contributed by atoms with Crippen molar-refractivity contribution >= 4 is 26.9 Å². The van der Waals surface area contributed by atoms with Gasteiger partial charge in [-0.1, -0.05) is 0 Å². The first-order valence-corrected chi connectivity index (χ1v) is 10.1. The molecule has 0 radical (unpaired) electrons. The maximum Gasteiger partial charge on any atom is 0.451 e. The molecule has 0 aliphatic carbocycles. The van der Waals surface area contributed by atoms with Crippen LogP contribution < -0.4 is 19.5 Å². The van der Waals surface area contributed by atoms with Crippen molar-refractivity contribution in [2.24, 2.45) is 5.14 Å². The van der Waals surface area contributed by atoms with E-state index in [0.29, 0.717) is 24.1 Å². The molecule has 1 fully saturated rings. The molecule has 29 heavy (non-hydrogen) atoms. The normalized spacial score (nSPS) is 16.7. The first-order chi connectivity index (χ1) is 13.5. The fourth-order valence-electron chi connectivity index (χ4n) is 3.17. The van der Waals surface area contributed by atoms with E-state index < -0.39 is 22.2 Å². The first kappa shape index (κ1) is 21.3. The molecule has 2 aromatic rings. The number of fused-ring (bicyclic) bond motifs is 1. The van der Waals surface area contributed by atoms with Gasteiger partial charge < -0.3 is 14.4 Å². The first-order valence-electron chi connectivity index (χ1n) is 8.58. The van der Waals surface area contributed by atoms with Gasteiger partial charge in [0, 0.05) is 37.6 Å². The van der Waals surface area contributed by atoms with Gasteiger partial charge >= 0.3 is 6.18 Å². The van der Waals surface area contributed by atoms with E-state index in [1.807, 2.05) is 0 Å². The van der Waals surface area contributed by atoms with Crippen LogP contribution in [0, 0.1) is 0 Å². The van der Waals surface area contributed by atoms with Crippen molar-refractivity contribution in [2.75, 3.05) is 45.3 Å². The van der Waals surface area contributed by atoms with Crippen molar-refractivity contribution in [1.82, 2.24) is 14.3 Å². The molecule has 0 atom stereocenters. The number of anilines is 1. The van der Waals surface area contributed by atoms with Crippen LogP contribution in [0.4, 0.5) is 19.0 Å². The zero-order valence-electron chi connectivity index (χ0n) is 15.7. The second-order valence-electron chi connectivity index (χ2n) is 6.38. The van der Waals surface area contributed by atoms with Gasteiger partial charge in [-0.05, 0) is 12.5 Å². The third-order valence-electron chi connectivity index (χ3n) is 4.55. The number of rotatable bonds is 4. The van der Waals surface area contributed by atoms with Gasteiger partial charge in [0.15, 0.2) is 11.5 Å². The van der Waals surface area contributed by atoms with Crippen LogP contribution in [-0.4, -0.2) is 63.1 Å². The van der Waals surface area contributed by atoms with Crippen LogP contribution in [0.1, 0.15) is 12.2 Å². The molecule has 160 valence electrons. The van der Waals surface area contributed by atoms with Gasteiger partial charge in [0.05, 0.1) is 19.7 Å². The number of alkyl halides is 3. The molecule has 13 heteroatoms. The summed E-state index contributed by atoms with van der Waals surface area (Å²) in [6.07, 6.45) is -4.38. The molecule has 3 rings (SSSR count). The Labute approximate surface area is 165 Å². The summed E-state index contributed by atoms with van der Waals surface area (Å²) in [6, 6.07) is 2.86. The average molecular weight is 435 g/mol. The molecular formula is C16H20F3N5O4S. The third kappa shape index (κ3) is 4.46. The van der Waals surface area contributed by atoms with E-state index >= 15 is 0 Å². The molecule has 9 nitrogen and oxygen atoms in total. The van der Waals surface area contributed by atoms with Gasteiger partial charge in [-0.3, -0.25) is 0 Å². The van der Waals surface area contributed by atoms with E-state index in [9.17, 15) is 21.6 Å². The quantitative estimate of drug-likeness (QED) is 0.772. The lowest BCUT2D eigenvalue weighted by atomic mass is 10.2. The Morgan fingerprint density at radius 3 is 2.28 bits per heavy atom. The Balaban J connectivity index is 2.14. The summed E-state index contributed by atoms with van der Waals surface area (Å²) in [5.41, 5.74) is 0.0347. The van der Waals surface area contributed by atoms with E-state index in [2.05, 4.69) is 9.97 Å². The number of benzene rings is 1. The highest BCUT2D eigenvalue weighted by Gasteiger charge is 2.36. The Morgan fingerprint density at radius 2 is 1.69 bits per heavy atom. The van der Waals surface area contributed by atoms with Gasteiger partial charge in [-0.25, -0.2) is 15.1 Å². The molecule has 1 aliphatic heterocycles. The molecule has 0 saturated carbocycles. The van der Waals surface area contributed by atoms with E-state index in [4.69, 9.17) is 14.6 Å². The van der Waals surface area contributed by atoms with Crippen LogP contribution in [0.25, 0.3) is 10.9 Å². The van der Waals surface area contributed by atoms with Crippen LogP contribution >= 0.6 is 0 Å². The molecule has 1 aromatic heterocycles. The van der Waals surface area contributed by atoms with Crippen molar-refractivity contribution < 1.29 is 31.1 Å². The zero-order valence-corrected chi connectivity index (χ0v) is 16.5. The largest absolute Gasteiger partial charge is 0.493 e. The van der Waals surface area contributed by atoms with Crippen LogP contribution in [0.5, 0.6) is 11.5 Å². The fraction of sp³-hybridized carbons (Fsp3) is 0.500. The van der Waals surface area contributed by atoms with Crippen molar-refractivity contribution in [3.63, 3.8) is 0 Å². The summed E-state index contributed by atoms with van der Waals surface area (Å²) in [5, 5.41) is 5.51. The summed E-state index contributed by atoms with van der Waals surface area (Å²) in [5.74, 6) is -0.709. The standard InChI is InChI=1S/C16H20F3N5O4S/c1-27-12-8-10-11(9-13(12)28-2)21-15(16(17,18)19)22-14(10)23-4-3-5-24(7-6-23)29(20,25)26/h8-9H,3-7H2,1-2H3,(H2,20,25,26). The predicted molar refractivity (Wildman–Crippen MR) is 99.2 cm³/mol. The molecule has 0 unspecified atom stereocenters. The highest BCUT2D eigenvalue weighted by atomic mass is 32.2. The minimum Gasteiger partial charge on any atom is -0.493 e. The summed E-state index contributed by atoms with van der Waals surface area (Å²) in [6.45, 7) is 0.610. The Hall–Kier alpha value is -2.38. The predicted octanol–water partition coefficient (Wildman–Crippen LogP) is 1.38. The van der Waals surface area contributed by atoms with E-state index in [0.717, 1.165) is 4.31 Å². The lowest BCUT2D eigenvalue weighted by Crippen LogP contribution is -2.39. The zero-order chi connectivity index (χ0) is 21.4. The van der Waals surface area contributed by atoms with Crippen molar-refractivity contribution in [3.05, 3.63) is 18.0 Å². The number of nitrogens with zero attached hydrogens (tertiary/aromatic N) is 4. The third-order valence-corrected chi connectivity index (χ3v) is 5.63. The number of methoxy groups -OCH3 is 2. The lowest BCUT2D eigenvalue weighted by Gasteiger charge is -2.24. The minimum absolute atomic E-state index is 0.0268. The Kier molecular flexibility index (Phi) is 5.74. The van der Waals surface area contributed by atoms with Crippen molar-refractivity contribution in [1.29, 1.82) is 0 Å². The Morgan fingerprint density at radius 1 is 1.03 bits per heavy atom. The molecule has 0 spiro atoms. The van der Waals surface area contributed by atoms with Gasteiger partial charge in [-0.2, -0.15) is 25.9 Å². The maximum absolute atomic E-state index is 13.4. The second kappa shape index (κ2) is 7.80. The summed E-state index contributed by atoms with van der Waals surface area (Å²) < 4.78 is 74.9. The highest BCUT2D eigenvalue weighted by molar-refractivity contribution is 7.86. The van der Waals surface area contributed by atoms with Gasteiger partial charge in [-0.15, -0.1) is 0 Å². The Bertz CT molecular complexity index is 1020. The summed E-state index contributed by atoms with van der Waals surface area (Å²) in [4.78, 5) is 8.98. The second-order valence-corrected chi connectivity index (χ2v) is 7.92. The number of ether oxygens (including phenoxy) is 2. The van der Waals surface area contributed by atoms with Gasteiger partial charge in [0.25, 0.3) is 10.2 Å². The maximum atomic E-state index is 13.4. The highest BCUT2D eigenvalue weighted by Crippen LogP contribution is 2.37. The van der Waals surface area contributed by atoms with Crippen molar-refractivity contribution in [3.8, 4) is 11.5 Å². The molecule has 1 saturated heterocycles. The number of hydrogen-bond acceptors (Lipinski definition) is 7. The summed E-state index contributed by atoms with van der Waals surface area (Å²) in [7, 11) is -1.12. The van der Waals surface area contributed by atoms with Gasteiger partial charge in [0.1, 0.15) is 5.82 Å². The number of nitrogens with two attached hydrogens (primary N) is 1. The number of aromatic nitrogens is 2. The average Bonchev–Trinajstić information content (AvgIpc) is 2.91. The smallest absolute Gasteiger partial charge is 0.451 e. The van der Waals surface area contributed by atoms with Crippen LogP contribution in [0.15, 0.2) is 12.1 Å². The topological polar surface area (TPSA) is 111 Å². The van der Waals surface area contributed by atoms with E-state index in [1.165, 1.54) is 26.4 Å². The van der Waals surface area contributed by atoms with E-state index in [1.54, 1.807) is 4.90 Å². The minimum atomic E-state index is -4.76. The van der Waals surface area contributed by atoms with Crippen LogP contribution in [-0.2, 0) is 16.4 Å². The molecule has 0 amide bonds. The molecule has 0 bridgehead atoms. The molecule has 2 N–H and O–H groups in total. The monoisotopic (exact) mass is 435 g/mol. The lowest BCUT2D eigenvalue weighted by molar-refractivity contribution is -0.144.